The van der Waals surface area contributed by atoms with E-state index in [0.717, 1.165) is 11.1 Å². The summed E-state index contributed by atoms with van der Waals surface area (Å²) in [5.74, 6) is -0.0664. The van der Waals surface area contributed by atoms with Gasteiger partial charge in [-0.2, -0.15) is 4.31 Å². The summed E-state index contributed by atoms with van der Waals surface area (Å²) >= 11 is 0. The topological polar surface area (TPSA) is 118 Å². The minimum Gasteiger partial charge on any atom is -0.352 e. The number of hydrogen-bond donors (Lipinski definition) is 1. The Morgan fingerprint density at radius 3 is 2.72 bits per heavy atom. The minimum atomic E-state index is -3.96. The second-order valence-electron chi connectivity index (χ2n) is 7.26. The summed E-state index contributed by atoms with van der Waals surface area (Å²) in [6.45, 7) is 3.84. The maximum atomic E-state index is 13.7. The van der Waals surface area contributed by atoms with Crippen LogP contribution in [0.5, 0.6) is 0 Å². The zero-order chi connectivity index (χ0) is 20.6. The van der Waals surface area contributed by atoms with Crippen LogP contribution in [0.3, 0.4) is 0 Å². The summed E-state index contributed by atoms with van der Waals surface area (Å²) in [7, 11) is -3.96. The van der Waals surface area contributed by atoms with Crippen LogP contribution in [-0.2, 0) is 21.4 Å². The van der Waals surface area contributed by atoms with Crippen molar-refractivity contribution in [1.29, 1.82) is 0 Å². The van der Waals surface area contributed by atoms with Crippen LogP contribution in [0.15, 0.2) is 40.1 Å². The predicted molar refractivity (Wildman–Crippen MR) is 104 cm³/mol. The number of sulfonamides is 1. The van der Waals surface area contributed by atoms with E-state index in [9.17, 15) is 13.2 Å². The van der Waals surface area contributed by atoms with Gasteiger partial charge in [-0.15, -0.1) is 0 Å². The normalized spacial score (nSPS) is 17.2. The molecule has 2 aromatic heterocycles. The molecule has 0 radical (unpaired) electrons. The number of rotatable bonds is 6. The Morgan fingerprint density at radius 2 is 2.03 bits per heavy atom. The van der Waals surface area contributed by atoms with Crippen LogP contribution in [-0.4, -0.2) is 46.5 Å². The molecule has 0 spiro atoms. The van der Waals surface area contributed by atoms with Gasteiger partial charge < -0.3 is 5.32 Å². The van der Waals surface area contributed by atoms with Crippen molar-refractivity contribution in [1.82, 2.24) is 24.9 Å². The first-order chi connectivity index (χ1) is 13.9. The van der Waals surface area contributed by atoms with E-state index in [4.69, 9.17) is 4.63 Å². The van der Waals surface area contributed by atoms with E-state index in [1.165, 1.54) is 4.31 Å². The minimum absolute atomic E-state index is 0.0664. The molecule has 1 N–H and O–H groups in total. The Bertz CT molecular complexity index is 1160. The molecule has 1 saturated heterocycles. The van der Waals surface area contributed by atoms with Gasteiger partial charge in [0.2, 0.25) is 15.9 Å². The summed E-state index contributed by atoms with van der Waals surface area (Å²) in [6, 6.07) is 5.09. The van der Waals surface area contributed by atoms with E-state index in [0.29, 0.717) is 23.9 Å². The number of amides is 1. The summed E-state index contributed by atoms with van der Waals surface area (Å²) in [6.07, 6.45) is 4.25. The lowest BCUT2D eigenvalue weighted by molar-refractivity contribution is -0.119. The van der Waals surface area contributed by atoms with Gasteiger partial charge in [-0.25, -0.2) is 13.0 Å². The maximum Gasteiger partial charge on any atom is 0.246 e. The largest absolute Gasteiger partial charge is 0.352 e. The number of carbonyl (C=O) groups is 1. The number of nitrogens with one attached hydrogen (secondary N) is 1. The molecule has 4 rings (SSSR count). The van der Waals surface area contributed by atoms with Crippen molar-refractivity contribution in [2.75, 3.05) is 6.54 Å². The molecule has 1 fully saturated rings. The van der Waals surface area contributed by atoms with Crippen molar-refractivity contribution >= 4 is 27.0 Å². The molecule has 9 nitrogen and oxygen atoms in total. The molecule has 3 heterocycles. The number of hydrogen-bond acceptors (Lipinski definition) is 7. The van der Waals surface area contributed by atoms with Gasteiger partial charge in [-0.3, -0.25) is 9.78 Å². The quantitative estimate of drug-likeness (QED) is 0.651. The van der Waals surface area contributed by atoms with Crippen LogP contribution >= 0.6 is 0 Å². The summed E-state index contributed by atoms with van der Waals surface area (Å²) in [5, 5.41) is 10.6. The molecule has 29 heavy (non-hydrogen) atoms. The third-order valence-corrected chi connectivity index (χ3v) is 7.05. The van der Waals surface area contributed by atoms with E-state index in [1.54, 1.807) is 31.5 Å². The monoisotopic (exact) mass is 415 g/mol. The number of benzene rings is 1. The standard InChI is InChI=1S/C19H21N5O4S/c1-12-8-13(2)19(18-17(12)22-28-23-18)29(26,27)24(10-14-4-3-7-20-9-14)11-15-5-6-16(25)21-15/h3-4,7-9,15H,5-6,10-11H2,1-2H3,(H,21,25)/t15-/m0/s1. The fraction of sp³-hybridized carbons (Fsp3) is 0.368. The molecule has 10 heteroatoms. The third kappa shape index (κ3) is 3.73. The van der Waals surface area contributed by atoms with Crippen molar-refractivity contribution in [3.05, 3.63) is 47.3 Å². The van der Waals surface area contributed by atoms with Crippen molar-refractivity contribution in [2.24, 2.45) is 0 Å². The predicted octanol–water partition coefficient (Wildman–Crippen LogP) is 1.70. The molecular weight excluding hydrogens is 394 g/mol. The molecule has 1 atom stereocenters. The van der Waals surface area contributed by atoms with Gasteiger partial charge in [0.25, 0.3) is 0 Å². The SMILES string of the molecule is Cc1cc(C)c2nonc2c1S(=O)(=O)N(Cc1cccnc1)C[C@@H]1CCC(=O)N1. The number of aryl methyl sites for hydroxylation is 2. The number of carbonyl (C=O) groups excluding carboxylic acids is 1. The third-order valence-electron chi connectivity index (χ3n) is 5.06. The molecule has 1 aliphatic heterocycles. The number of fused-ring (bicyclic) bond motifs is 1. The Hall–Kier alpha value is -2.85. The Balaban J connectivity index is 1.78. The molecule has 1 amide bonds. The average molecular weight is 415 g/mol. The van der Waals surface area contributed by atoms with E-state index in [1.807, 2.05) is 13.0 Å². The van der Waals surface area contributed by atoms with E-state index in [2.05, 4.69) is 20.6 Å². The lowest BCUT2D eigenvalue weighted by Crippen LogP contribution is -2.41. The fourth-order valence-corrected chi connectivity index (χ4v) is 5.50. The van der Waals surface area contributed by atoms with Gasteiger partial charge in [0.15, 0.2) is 5.52 Å². The van der Waals surface area contributed by atoms with E-state index in [-0.39, 0.29) is 35.5 Å². The first-order valence-electron chi connectivity index (χ1n) is 9.27. The Labute approximate surface area is 168 Å². The van der Waals surface area contributed by atoms with Gasteiger partial charge in [0, 0.05) is 37.9 Å². The zero-order valence-electron chi connectivity index (χ0n) is 16.1. The molecule has 1 aromatic carbocycles. The van der Waals surface area contributed by atoms with Crippen LogP contribution in [0, 0.1) is 13.8 Å². The van der Waals surface area contributed by atoms with Crippen molar-refractivity contribution in [2.45, 2.75) is 44.2 Å². The van der Waals surface area contributed by atoms with Gasteiger partial charge in [0.05, 0.1) is 0 Å². The van der Waals surface area contributed by atoms with Crippen molar-refractivity contribution in [3.63, 3.8) is 0 Å². The Morgan fingerprint density at radius 1 is 1.24 bits per heavy atom. The molecule has 0 unspecified atom stereocenters. The van der Waals surface area contributed by atoms with Crippen molar-refractivity contribution < 1.29 is 17.8 Å². The summed E-state index contributed by atoms with van der Waals surface area (Å²) in [5.41, 5.74) is 2.75. The molecule has 0 saturated carbocycles. The highest BCUT2D eigenvalue weighted by atomic mass is 32.2. The fourth-order valence-electron chi connectivity index (χ4n) is 3.70. The lowest BCUT2D eigenvalue weighted by atomic mass is 10.1. The Kier molecular flexibility index (Phi) is 5.05. The molecule has 0 bridgehead atoms. The van der Waals surface area contributed by atoms with Gasteiger partial charge in [-0.1, -0.05) is 12.1 Å². The second-order valence-corrected chi connectivity index (χ2v) is 9.14. The highest BCUT2D eigenvalue weighted by molar-refractivity contribution is 7.89. The van der Waals surface area contributed by atoms with Crippen molar-refractivity contribution in [3.8, 4) is 0 Å². The number of nitrogens with zero attached hydrogens (tertiary/aromatic N) is 4. The van der Waals surface area contributed by atoms with Gasteiger partial charge >= 0.3 is 0 Å². The van der Waals surface area contributed by atoms with Crippen LogP contribution in [0.2, 0.25) is 0 Å². The van der Waals surface area contributed by atoms with Crippen LogP contribution < -0.4 is 5.32 Å². The van der Waals surface area contributed by atoms with Gasteiger partial charge in [0.1, 0.15) is 10.4 Å². The molecule has 1 aliphatic rings. The van der Waals surface area contributed by atoms with Crippen LogP contribution in [0.25, 0.3) is 11.0 Å². The number of aromatic nitrogens is 3. The first-order valence-corrected chi connectivity index (χ1v) is 10.7. The summed E-state index contributed by atoms with van der Waals surface area (Å²) < 4.78 is 33.7. The maximum absolute atomic E-state index is 13.7. The molecule has 152 valence electrons. The summed E-state index contributed by atoms with van der Waals surface area (Å²) in [4.78, 5) is 15.8. The zero-order valence-corrected chi connectivity index (χ0v) is 16.9. The average Bonchev–Trinajstić information content (AvgIpc) is 3.31. The number of pyridine rings is 1. The highest BCUT2D eigenvalue weighted by Crippen LogP contribution is 2.30. The molecular formula is C19H21N5O4S. The smallest absolute Gasteiger partial charge is 0.246 e. The first kappa shape index (κ1) is 19.5. The lowest BCUT2D eigenvalue weighted by Gasteiger charge is -2.26. The van der Waals surface area contributed by atoms with Crippen LogP contribution in [0.4, 0.5) is 0 Å². The van der Waals surface area contributed by atoms with Crippen LogP contribution in [0.1, 0.15) is 29.5 Å². The molecule has 0 aliphatic carbocycles. The molecule has 3 aromatic rings. The van der Waals surface area contributed by atoms with E-state index >= 15 is 0 Å². The van der Waals surface area contributed by atoms with Gasteiger partial charge in [-0.05, 0) is 53.3 Å². The second kappa shape index (κ2) is 7.53. The van der Waals surface area contributed by atoms with E-state index < -0.39 is 10.0 Å². The highest BCUT2D eigenvalue weighted by Gasteiger charge is 2.34.